The minimum absolute atomic E-state index is 0.00378. The van der Waals surface area contributed by atoms with E-state index in [1.807, 2.05) is 13.0 Å². The Bertz CT molecular complexity index is 399. The normalized spacial score (nSPS) is 14.7. The molecule has 1 rings (SSSR count). The number of benzene rings is 1. The summed E-state index contributed by atoms with van der Waals surface area (Å²) >= 11 is 12.2. The lowest BCUT2D eigenvalue weighted by molar-refractivity contribution is 0.00356. The van der Waals surface area contributed by atoms with E-state index < -0.39 is 0 Å². The smallest absolute Gasteiger partial charge is 0.0767 e. The van der Waals surface area contributed by atoms with Gasteiger partial charge in [0.15, 0.2) is 0 Å². The van der Waals surface area contributed by atoms with Gasteiger partial charge in [-0.2, -0.15) is 0 Å². The maximum absolute atomic E-state index is 6.19. The molecule has 0 aliphatic carbocycles. The van der Waals surface area contributed by atoms with Crippen molar-refractivity contribution < 1.29 is 4.74 Å². The van der Waals surface area contributed by atoms with Crippen LogP contribution in [0.5, 0.6) is 0 Å². The molecule has 0 heterocycles. The molecule has 3 N–H and O–H groups in total. The molecule has 1 aromatic rings. The molecule has 0 amide bonds. The summed E-state index contributed by atoms with van der Waals surface area (Å²) in [5, 5.41) is 1.37. The van der Waals surface area contributed by atoms with Gasteiger partial charge < -0.3 is 4.74 Å². The standard InChI is InChI=1S/C14H22Cl2N2O/c1-4-19-14(9(2)3)13(18-17)8-10-7-11(15)5-6-12(10)16/h5-7,9,13-14,18H,4,8,17H2,1-3H3. The highest BCUT2D eigenvalue weighted by Crippen LogP contribution is 2.24. The van der Waals surface area contributed by atoms with Gasteiger partial charge in [-0.1, -0.05) is 37.0 Å². The third-order valence-corrected chi connectivity index (χ3v) is 3.68. The number of hydrazine groups is 1. The first-order valence-corrected chi connectivity index (χ1v) is 7.26. The van der Waals surface area contributed by atoms with E-state index in [2.05, 4.69) is 19.3 Å². The average Bonchev–Trinajstić information content (AvgIpc) is 2.37. The van der Waals surface area contributed by atoms with Crippen LogP contribution < -0.4 is 11.3 Å². The van der Waals surface area contributed by atoms with Gasteiger partial charge in [0.2, 0.25) is 0 Å². The van der Waals surface area contributed by atoms with Crippen molar-refractivity contribution >= 4 is 23.2 Å². The molecule has 0 saturated carbocycles. The summed E-state index contributed by atoms with van der Waals surface area (Å²) < 4.78 is 5.78. The monoisotopic (exact) mass is 304 g/mol. The first-order chi connectivity index (χ1) is 8.99. The molecule has 5 heteroatoms. The van der Waals surface area contributed by atoms with E-state index in [-0.39, 0.29) is 12.1 Å². The number of rotatable bonds is 7. The largest absolute Gasteiger partial charge is 0.377 e. The van der Waals surface area contributed by atoms with Crippen molar-refractivity contribution in [2.24, 2.45) is 11.8 Å². The van der Waals surface area contributed by atoms with Gasteiger partial charge in [0.05, 0.1) is 12.1 Å². The van der Waals surface area contributed by atoms with Crippen LogP contribution in [0.4, 0.5) is 0 Å². The second kappa shape index (κ2) is 8.08. The fourth-order valence-corrected chi connectivity index (χ4v) is 2.56. The van der Waals surface area contributed by atoms with Gasteiger partial charge in [-0.3, -0.25) is 11.3 Å². The van der Waals surface area contributed by atoms with E-state index in [1.54, 1.807) is 12.1 Å². The second-order valence-electron chi connectivity index (χ2n) is 4.88. The molecule has 0 aliphatic heterocycles. The Morgan fingerprint density at radius 3 is 2.53 bits per heavy atom. The van der Waals surface area contributed by atoms with E-state index >= 15 is 0 Å². The molecular formula is C14H22Cl2N2O. The third-order valence-electron chi connectivity index (χ3n) is 3.07. The fraction of sp³-hybridized carbons (Fsp3) is 0.571. The number of hydrogen-bond acceptors (Lipinski definition) is 3. The molecule has 0 bridgehead atoms. The molecule has 0 radical (unpaired) electrons. The van der Waals surface area contributed by atoms with Crippen LogP contribution >= 0.6 is 23.2 Å². The van der Waals surface area contributed by atoms with Crippen LogP contribution in [0.15, 0.2) is 18.2 Å². The van der Waals surface area contributed by atoms with Crippen molar-refractivity contribution in [2.45, 2.75) is 39.3 Å². The lowest BCUT2D eigenvalue weighted by Gasteiger charge is -2.29. The minimum atomic E-state index is -0.00378. The predicted octanol–water partition coefficient (Wildman–Crippen LogP) is 3.43. The highest BCUT2D eigenvalue weighted by atomic mass is 35.5. The molecule has 0 fully saturated rings. The first-order valence-electron chi connectivity index (χ1n) is 6.51. The number of ether oxygens (including phenoxy) is 1. The first kappa shape index (κ1) is 16.7. The van der Waals surface area contributed by atoms with E-state index in [9.17, 15) is 0 Å². The Morgan fingerprint density at radius 1 is 1.32 bits per heavy atom. The minimum Gasteiger partial charge on any atom is -0.377 e. The zero-order chi connectivity index (χ0) is 14.4. The summed E-state index contributed by atoms with van der Waals surface area (Å²) in [5.74, 6) is 6.03. The van der Waals surface area contributed by atoms with Crippen LogP contribution in [0.1, 0.15) is 26.3 Å². The van der Waals surface area contributed by atoms with Crippen molar-refractivity contribution in [3.05, 3.63) is 33.8 Å². The summed E-state index contributed by atoms with van der Waals surface area (Å²) in [4.78, 5) is 0. The Labute approximate surface area is 125 Å². The van der Waals surface area contributed by atoms with Crippen LogP contribution in [0.2, 0.25) is 10.0 Å². The number of halogens is 2. The molecule has 0 saturated heterocycles. The molecule has 3 nitrogen and oxygen atoms in total. The number of nitrogens with two attached hydrogens (primary N) is 1. The van der Waals surface area contributed by atoms with Crippen LogP contribution in [0.25, 0.3) is 0 Å². The van der Waals surface area contributed by atoms with Crippen molar-refractivity contribution in [3.8, 4) is 0 Å². The van der Waals surface area contributed by atoms with Gasteiger partial charge in [0.1, 0.15) is 0 Å². The second-order valence-corrected chi connectivity index (χ2v) is 5.72. The molecule has 108 valence electrons. The van der Waals surface area contributed by atoms with Crippen molar-refractivity contribution in [1.82, 2.24) is 5.43 Å². The van der Waals surface area contributed by atoms with Gasteiger partial charge in [-0.05, 0) is 43.0 Å². The van der Waals surface area contributed by atoms with E-state index in [0.717, 1.165) is 5.56 Å². The molecule has 0 spiro atoms. The Balaban J connectivity index is 2.88. The summed E-state index contributed by atoms with van der Waals surface area (Å²) in [6, 6.07) is 5.45. The highest BCUT2D eigenvalue weighted by Gasteiger charge is 2.25. The van der Waals surface area contributed by atoms with Crippen molar-refractivity contribution in [3.63, 3.8) is 0 Å². The SMILES string of the molecule is CCOC(C(C)C)C(Cc1cc(Cl)ccc1Cl)NN. The topological polar surface area (TPSA) is 47.3 Å². The summed E-state index contributed by atoms with van der Waals surface area (Å²) in [6.07, 6.45) is 0.712. The number of hydrogen-bond donors (Lipinski definition) is 2. The molecule has 0 aliphatic rings. The van der Waals surface area contributed by atoms with Gasteiger partial charge in [-0.15, -0.1) is 0 Å². The van der Waals surface area contributed by atoms with Crippen molar-refractivity contribution in [2.75, 3.05) is 6.61 Å². The lowest BCUT2D eigenvalue weighted by Crippen LogP contribution is -2.49. The van der Waals surface area contributed by atoms with Crippen LogP contribution in [0, 0.1) is 5.92 Å². The van der Waals surface area contributed by atoms with Gasteiger partial charge in [0.25, 0.3) is 0 Å². The molecule has 2 unspecified atom stereocenters. The highest BCUT2D eigenvalue weighted by molar-refractivity contribution is 6.33. The summed E-state index contributed by atoms with van der Waals surface area (Å²) in [5.41, 5.74) is 3.81. The molecule has 2 atom stereocenters. The Hall–Kier alpha value is -0.320. The van der Waals surface area contributed by atoms with Crippen LogP contribution in [0.3, 0.4) is 0 Å². The average molecular weight is 305 g/mol. The molecular weight excluding hydrogens is 283 g/mol. The Morgan fingerprint density at radius 2 is 2.00 bits per heavy atom. The van der Waals surface area contributed by atoms with Crippen molar-refractivity contribution in [1.29, 1.82) is 0 Å². The van der Waals surface area contributed by atoms with Gasteiger partial charge in [0, 0.05) is 16.7 Å². The lowest BCUT2D eigenvalue weighted by atomic mass is 9.94. The van der Waals surface area contributed by atoms with Gasteiger partial charge >= 0.3 is 0 Å². The molecule has 19 heavy (non-hydrogen) atoms. The van der Waals surface area contributed by atoms with E-state index in [4.69, 9.17) is 33.8 Å². The zero-order valence-corrected chi connectivity index (χ0v) is 13.1. The maximum atomic E-state index is 6.19. The van der Waals surface area contributed by atoms with Crippen LogP contribution in [-0.4, -0.2) is 18.8 Å². The summed E-state index contributed by atoms with van der Waals surface area (Å²) in [6.45, 7) is 6.87. The Kier molecular flexibility index (Phi) is 7.11. The van der Waals surface area contributed by atoms with Gasteiger partial charge in [-0.25, -0.2) is 0 Å². The third kappa shape index (κ3) is 4.93. The number of nitrogens with one attached hydrogen (secondary N) is 1. The quantitative estimate of drug-likeness (QED) is 0.599. The summed E-state index contributed by atoms with van der Waals surface area (Å²) in [7, 11) is 0. The predicted molar refractivity (Wildman–Crippen MR) is 81.5 cm³/mol. The van der Waals surface area contributed by atoms with E-state index in [0.29, 0.717) is 29.0 Å². The molecule has 1 aromatic carbocycles. The fourth-order valence-electron chi connectivity index (χ4n) is 2.17. The maximum Gasteiger partial charge on any atom is 0.0767 e. The van der Waals surface area contributed by atoms with Crippen LogP contribution in [-0.2, 0) is 11.2 Å². The zero-order valence-electron chi connectivity index (χ0n) is 11.6. The van der Waals surface area contributed by atoms with E-state index in [1.165, 1.54) is 0 Å². The molecule has 0 aromatic heterocycles.